The minimum atomic E-state index is 0.951. The van der Waals surface area contributed by atoms with Crippen molar-refractivity contribution >= 4 is 21.7 Å². The Hall–Kier alpha value is -0.610. The molecule has 4 heteroatoms. The fourth-order valence-electron chi connectivity index (χ4n) is 1.24. The molecule has 0 fully saturated rings. The number of halogens is 1. The normalized spacial score (nSPS) is 10.3. The highest BCUT2D eigenvalue weighted by Crippen LogP contribution is 2.16. The van der Waals surface area contributed by atoms with E-state index >= 15 is 0 Å². The molecule has 0 unspecified atom stereocenters. The number of nitrogens with zero attached hydrogens (tertiary/aromatic N) is 1. The van der Waals surface area contributed by atoms with E-state index < -0.39 is 0 Å². The zero-order chi connectivity index (χ0) is 11.1. The van der Waals surface area contributed by atoms with Crippen molar-refractivity contribution in [1.29, 1.82) is 0 Å². The third-order valence-corrected chi connectivity index (χ3v) is 2.96. The Morgan fingerprint density at radius 3 is 2.87 bits per heavy atom. The fourth-order valence-corrected chi connectivity index (χ4v) is 1.46. The molecule has 0 aromatic carbocycles. The van der Waals surface area contributed by atoms with Gasteiger partial charge in [-0.2, -0.15) is 0 Å². The first-order valence-corrected chi connectivity index (χ1v) is 6.10. The maximum atomic E-state index is 4.28. The number of aromatic nitrogens is 1. The molecular formula is C11H18BrN3. The van der Waals surface area contributed by atoms with E-state index in [-0.39, 0.29) is 0 Å². The molecule has 1 aromatic heterocycles. The van der Waals surface area contributed by atoms with E-state index in [1.165, 1.54) is 5.56 Å². The molecule has 1 heterocycles. The van der Waals surface area contributed by atoms with Gasteiger partial charge < -0.3 is 10.6 Å². The van der Waals surface area contributed by atoms with Crippen molar-refractivity contribution < 1.29 is 0 Å². The summed E-state index contributed by atoms with van der Waals surface area (Å²) in [5, 5.41) is 6.59. The highest BCUT2D eigenvalue weighted by molar-refractivity contribution is 9.10. The molecule has 0 aliphatic rings. The van der Waals surface area contributed by atoms with E-state index in [1.54, 1.807) is 0 Å². The average molecular weight is 272 g/mol. The first kappa shape index (κ1) is 12.5. The van der Waals surface area contributed by atoms with Gasteiger partial charge in [-0.05, 0) is 54.0 Å². The number of anilines is 1. The second-order valence-corrected chi connectivity index (χ2v) is 4.31. The van der Waals surface area contributed by atoms with E-state index in [2.05, 4.69) is 51.5 Å². The molecule has 0 spiro atoms. The summed E-state index contributed by atoms with van der Waals surface area (Å²) in [7, 11) is 0. The molecule has 0 amide bonds. The van der Waals surface area contributed by atoms with Crippen molar-refractivity contribution in [2.24, 2.45) is 0 Å². The first-order valence-electron chi connectivity index (χ1n) is 5.30. The molecule has 0 saturated carbocycles. The summed E-state index contributed by atoms with van der Waals surface area (Å²) in [6.07, 6.45) is 2.95. The first-order chi connectivity index (χ1) is 7.24. The van der Waals surface area contributed by atoms with Crippen molar-refractivity contribution in [2.45, 2.75) is 20.3 Å². The molecule has 0 aliphatic heterocycles. The minimum Gasteiger partial charge on any atom is -0.370 e. The Bertz CT molecular complexity index is 302. The third-order valence-electron chi connectivity index (χ3n) is 2.13. The zero-order valence-electron chi connectivity index (χ0n) is 9.31. The lowest BCUT2D eigenvalue weighted by Crippen LogP contribution is -2.17. The second-order valence-electron chi connectivity index (χ2n) is 3.45. The van der Waals surface area contributed by atoms with E-state index in [9.17, 15) is 0 Å². The Morgan fingerprint density at radius 2 is 2.20 bits per heavy atom. The lowest BCUT2D eigenvalue weighted by Gasteiger charge is -2.07. The topological polar surface area (TPSA) is 37.0 Å². The van der Waals surface area contributed by atoms with Crippen LogP contribution in [0.1, 0.15) is 18.9 Å². The number of nitrogens with one attached hydrogen (secondary N) is 2. The molecule has 84 valence electrons. The van der Waals surface area contributed by atoms with E-state index in [1.807, 2.05) is 6.20 Å². The number of rotatable bonds is 6. The van der Waals surface area contributed by atoms with Crippen LogP contribution in [-0.4, -0.2) is 24.6 Å². The molecule has 0 aliphatic carbocycles. The van der Waals surface area contributed by atoms with Crippen LogP contribution in [0.2, 0.25) is 0 Å². The lowest BCUT2D eigenvalue weighted by atomic mass is 10.3. The van der Waals surface area contributed by atoms with Gasteiger partial charge in [0.2, 0.25) is 0 Å². The maximum absolute atomic E-state index is 4.28. The molecule has 0 bridgehead atoms. The van der Waals surface area contributed by atoms with Crippen LogP contribution in [0.3, 0.4) is 0 Å². The fraction of sp³-hybridized carbons (Fsp3) is 0.545. The zero-order valence-corrected chi connectivity index (χ0v) is 10.9. The summed E-state index contributed by atoms with van der Waals surface area (Å²) in [5.41, 5.74) is 1.21. The molecule has 1 aromatic rings. The maximum Gasteiger partial charge on any atom is 0.126 e. The second kappa shape index (κ2) is 6.80. The number of hydrogen-bond donors (Lipinski definition) is 2. The highest BCUT2D eigenvalue weighted by atomic mass is 79.9. The Kier molecular flexibility index (Phi) is 5.65. The number of hydrogen-bond acceptors (Lipinski definition) is 3. The van der Waals surface area contributed by atoms with Gasteiger partial charge in [-0.25, -0.2) is 4.98 Å². The monoisotopic (exact) mass is 271 g/mol. The van der Waals surface area contributed by atoms with Crippen LogP contribution in [0.15, 0.2) is 16.7 Å². The van der Waals surface area contributed by atoms with Crippen LogP contribution >= 0.6 is 15.9 Å². The highest BCUT2D eigenvalue weighted by Gasteiger charge is 1.97. The van der Waals surface area contributed by atoms with Crippen LogP contribution < -0.4 is 10.6 Å². The van der Waals surface area contributed by atoms with Gasteiger partial charge in [0.1, 0.15) is 5.82 Å². The molecule has 0 atom stereocenters. The summed E-state index contributed by atoms with van der Waals surface area (Å²) in [5.74, 6) is 0.951. The van der Waals surface area contributed by atoms with Crippen molar-refractivity contribution in [3.8, 4) is 0 Å². The van der Waals surface area contributed by atoms with Crippen molar-refractivity contribution in [2.75, 3.05) is 25.0 Å². The summed E-state index contributed by atoms with van der Waals surface area (Å²) < 4.78 is 1.06. The predicted molar refractivity (Wildman–Crippen MR) is 68.3 cm³/mol. The van der Waals surface area contributed by atoms with Crippen LogP contribution in [0, 0.1) is 6.92 Å². The number of pyridine rings is 1. The van der Waals surface area contributed by atoms with Gasteiger partial charge in [0.05, 0.1) is 0 Å². The Labute approximate surface area is 99.8 Å². The molecular weight excluding hydrogens is 254 g/mol. The van der Waals surface area contributed by atoms with Crippen LogP contribution in [0.5, 0.6) is 0 Å². The minimum absolute atomic E-state index is 0.951. The van der Waals surface area contributed by atoms with Crippen molar-refractivity contribution in [3.05, 3.63) is 22.3 Å². The van der Waals surface area contributed by atoms with Gasteiger partial charge in [-0.1, -0.05) is 6.92 Å². The number of aryl methyl sites for hydroxylation is 1. The largest absolute Gasteiger partial charge is 0.370 e. The van der Waals surface area contributed by atoms with Gasteiger partial charge in [-0.3, -0.25) is 0 Å². The summed E-state index contributed by atoms with van der Waals surface area (Å²) in [6, 6.07) is 2.05. The van der Waals surface area contributed by atoms with Crippen molar-refractivity contribution in [1.82, 2.24) is 10.3 Å². The summed E-state index contributed by atoms with van der Waals surface area (Å²) >= 11 is 3.43. The van der Waals surface area contributed by atoms with Gasteiger partial charge in [0, 0.05) is 17.2 Å². The smallest absolute Gasteiger partial charge is 0.126 e. The molecule has 3 nitrogen and oxygen atoms in total. The molecule has 1 rings (SSSR count). The van der Waals surface area contributed by atoms with E-state index in [0.717, 1.165) is 36.3 Å². The third kappa shape index (κ3) is 4.62. The summed E-state index contributed by atoms with van der Waals surface area (Å²) in [6.45, 7) is 7.23. The predicted octanol–water partition coefficient (Wildman–Crippen LogP) is 2.56. The standard InChI is InChI=1S/C11H18BrN3/c1-3-13-5-4-6-14-11-7-9(2)10(12)8-15-11/h7-8,13H,3-6H2,1-2H3,(H,14,15). The van der Waals surface area contributed by atoms with Crippen LogP contribution in [0.4, 0.5) is 5.82 Å². The quantitative estimate of drug-likeness (QED) is 0.781. The van der Waals surface area contributed by atoms with Gasteiger partial charge >= 0.3 is 0 Å². The van der Waals surface area contributed by atoms with Gasteiger partial charge in [0.15, 0.2) is 0 Å². The van der Waals surface area contributed by atoms with Gasteiger partial charge in [0.25, 0.3) is 0 Å². The average Bonchev–Trinajstić information content (AvgIpc) is 2.23. The summed E-state index contributed by atoms with van der Waals surface area (Å²) in [4.78, 5) is 4.28. The Morgan fingerprint density at radius 1 is 1.40 bits per heavy atom. The molecule has 2 N–H and O–H groups in total. The molecule has 0 saturated heterocycles. The van der Waals surface area contributed by atoms with Crippen LogP contribution in [0.25, 0.3) is 0 Å². The van der Waals surface area contributed by atoms with Crippen molar-refractivity contribution in [3.63, 3.8) is 0 Å². The Balaban J connectivity index is 2.28. The van der Waals surface area contributed by atoms with Crippen LogP contribution in [-0.2, 0) is 0 Å². The van der Waals surface area contributed by atoms with Gasteiger partial charge in [-0.15, -0.1) is 0 Å². The van der Waals surface area contributed by atoms with E-state index in [4.69, 9.17) is 0 Å². The SMILES string of the molecule is CCNCCCNc1cc(C)c(Br)cn1. The molecule has 0 radical (unpaired) electrons. The van der Waals surface area contributed by atoms with E-state index in [0.29, 0.717) is 0 Å². The molecule has 15 heavy (non-hydrogen) atoms. The lowest BCUT2D eigenvalue weighted by molar-refractivity contribution is 0.688.